The summed E-state index contributed by atoms with van der Waals surface area (Å²) in [5.41, 5.74) is -0.635. The van der Waals surface area contributed by atoms with E-state index in [2.05, 4.69) is 24.1 Å². The number of benzene rings is 1. The van der Waals surface area contributed by atoms with Crippen molar-refractivity contribution in [2.45, 2.75) is 26.9 Å². The van der Waals surface area contributed by atoms with Crippen molar-refractivity contribution < 1.29 is 14.1 Å². The standard InChI is InChI=1S/C15H17FN4O3/c1-10(2)9-19-6-5-17-14(19)8-18-15(21)12-4-3-11(20(22)23)7-13(12)16/h3-7,10H,8-9H2,1-2H3,(H,18,21). The van der Waals surface area contributed by atoms with E-state index >= 15 is 0 Å². The maximum Gasteiger partial charge on any atom is 0.272 e. The van der Waals surface area contributed by atoms with Gasteiger partial charge in [-0.3, -0.25) is 14.9 Å². The summed E-state index contributed by atoms with van der Waals surface area (Å²) < 4.78 is 15.7. The minimum atomic E-state index is -0.928. The minimum Gasteiger partial charge on any atom is -0.345 e. The number of carbonyl (C=O) groups excluding carboxylic acids is 1. The molecule has 0 aliphatic carbocycles. The number of aromatic nitrogens is 2. The van der Waals surface area contributed by atoms with E-state index in [1.165, 1.54) is 0 Å². The summed E-state index contributed by atoms with van der Waals surface area (Å²) in [5.74, 6) is -0.487. The fourth-order valence-electron chi connectivity index (χ4n) is 2.12. The number of nitro benzene ring substituents is 1. The van der Waals surface area contributed by atoms with Crippen molar-refractivity contribution in [3.8, 4) is 0 Å². The summed E-state index contributed by atoms with van der Waals surface area (Å²) in [6.45, 7) is 5.04. The van der Waals surface area contributed by atoms with Gasteiger partial charge in [-0.15, -0.1) is 0 Å². The average Bonchev–Trinajstić information content (AvgIpc) is 2.91. The third-order valence-electron chi connectivity index (χ3n) is 3.18. The molecule has 1 aromatic carbocycles. The van der Waals surface area contributed by atoms with Gasteiger partial charge in [-0.25, -0.2) is 9.37 Å². The van der Waals surface area contributed by atoms with Crippen LogP contribution in [0.4, 0.5) is 10.1 Å². The van der Waals surface area contributed by atoms with E-state index in [-0.39, 0.29) is 12.1 Å². The van der Waals surface area contributed by atoms with E-state index in [0.717, 1.165) is 24.7 Å². The molecule has 1 N–H and O–H groups in total. The van der Waals surface area contributed by atoms with Gasteiger partial charge in [0, 0.05) is 25.0 Å². The molecule has 23 heavy (non-hydrogen) atoms. The Hall–Kier alpha value is -2.77. The second-order valence-corrected chi connectivity index (χ2v) is 5.49. The molecule has 0 saturated heterocycles. The van der Waals surface area contributed by atoms with Gasteiger partial charge in [0.1, 0.15) is 11.6 Å². The van der Waals surface area contributed by atoms with Gasteiger partial charge >= 0.3 is 0 Å². The first kappa shape index (κ1) is 16.6. The lowest BCUT2D eigenvalue weighted by Gasteiger charge is -2.11. The molecule has 0 fully saturated rings. The number of nitro groups is 1. The maximum atomic E-state index is 13.8. The van der Waals surface area contributed by atoms with E-state index in [1.807, 2.05) is 10.8 Å². The highest BCUT2D eigenvalue weighted by molar-refractivity contribution is 5.94. The third-order valence-corrected chi connectivity index (χ3v) is 3.18. The van der Waals surface area contributed by atoms with Crippen LogP contribution in [0.15, 0.2) is 30.6 Å². The van der Waals surface area contributed by atoms with Crippen molar-refractivity contribution in [1.29, 1.82) is 0 Å². The second-order valence-electron chi connectivity index (χ2n) is 5.49. The predicted octanol–water partition coefficient (Wildman–Crippen LogP) is 2.52. The van der Waals surface area contributed by atoms with Crippen molar-refractivity contribution in [1.82, 2.24) is 14.9 Å². The molecular weight excluding hydrogens is 303 g/mol. The lowest BCUT2D eigenvalue weighted by Crippen LogP contribution is -2.26. The number of imidazole rings is 1. The Balaban J connectivity index is 2.06. The van der Waals surface area contributed by atoms with Crippen LogP contribution >= 0.6 is 0 Å². The number of hydrogen-bond donors (Lipinski definition) is 1. The third kappa shape index (κ3) is 4.12. The minimum absolute atomic E-state index is 0.148. The number of nitrogens with zero attached hydrogens (tertiary/aromatic N) is 3. The zero-order valence-electron chi connectivity index (χ0n) is 12.8. The second kappa shape index (κ2) is 6.99. The molecule has 8 heteroatoms. The van der Waals surface area contributed by atoms with E-state index in [4.69, 9.17) is 0 Å². The quantitative estimate of drug-likeness (QED) is 0.654. The topological polar surface area (TPSA) is 90.1 Å². The smallest absolute Gasteiger partial charge is 0.272 e. The Morgan fingerprint density at radius 1 is 1.48 bits per heavy atom. The average molecular weight is 320 g/mol. The highest BCUT2D eigenvalue weighted by atomic mass is 19.1. The van der Waals surface area contributed by atoms with E-state index in [9.17, 15) is 19.3 Å². The van der Waals surface area contributed by atoms with Crippen molar-refractivity contribution in [3.63, 3.8) is 0 Å². The lowest BCUT2D eigenvalue weighted by atomic mass is 10.2. The van der Waals surface area contributed by atoms with Gasteiger partial charge in [-0.2, -0.15) is 0 Å². The zero-order valence-corrected chi connectivity index (χ0v) is 12.8. The van der Waals surface area contributed by atoms with E-state index < -0.39 is 22.3 Å². The summed E-state index contributed by atoms with van der Waals surface area (Å²) in [6, 6.07) is 2.93. The summed E-state index contributed by atoms with van der Waals surface area (Å²) in [5, 5.41) is 13.1. The molecule has 7 nitrogen and oxygen atoms in total. The molecule has 0 aliphatic heterocycles. The Morgan fingerprint density at radius 2 is 2.22 bits per heavy atom. The van der Waals surface area contributed by atoms with Gasteiger partial charge in [-0.05, 0) is 12.0 Å². The highest BCUT2D eigenvalue weighted by Crippen LogP contribution is 2.16. The first-order valence-corrected chi connectivity index (χ1v) is 7.10. The Bertz CT molecular complexity index is 727. The Kier molecular flexibility index (Phi) is 5.05. The lowest BCUT2D eigenvalue weighted by molar-refractivity contribution is -0.385. The number of carbonyl (C=O) groups is 1. The highest BCUT2D eigenvalue weighted by Gasteiger charge is 2.16. The number of hydrogen-bond acceptors (Lipinski definition) is 4. The fraction of sp³-hybridized carbons (Fsp3) is 0.333. The number of rotatable bonds is 6. The van der Waals surface area contributed by atoms with Gasteiger partial charge in [0.05, 0.1) is 23.1 Å². The van der Waals surface area contributed by atoms with Crippen LogP contribution in [-0.4, -0.2) is 20.4 Å². The van der Waals surface area contributed by atoms with Crippen molar-refractivity contribution >= 4 is 11.6 Å². The van der Waals surface area contributed by atoms with Crippen molar-refractivity contribution in [3.05, 3.63) is 57.9 Å². The monoisotopic (exact) mass is 320 g/mol. The van der Waals surface area contributed by atoms with Crippen LogP contribution in [0.5, 0.6) is 0 Å². The summed E-state index contributed by atoms with van der Waals surface area (Å²) in [6.07, 6.45) is 3.45. The van der Waals surface area contributed by atoms with Crippen LogP contribution in [0, 0.1) is 21.8 Å². The normalized spacial score (nSPS) is 10.8. The maximum absolute atomic E-state index is 13.8. The van der Waals surface area contributed by atoms with Crippen LogP contribution in [-0.2, 0) is 13.1 Å². The van der Waals surface area contributed by atoms with Crippen LogP contribution in [0.3, 0.4) is 0 Å². The molecule has 2 rings (SSSR count). The molecule has 0 aliphatic rings. The molecule has 2 aromatic rings. The van der Waals surface area contributed by atoms with Gasteiger partial charge < -0.3 is 9.88 Å². The molecule has 0 unspecified atom stereocenters. The molecule has 122 valence electrons. The number of halogens is 1. The molecular formula is C15H17FN4O3. The van der Waals surface area contributed by atoms with Gasteiger partial charge in [-0.1, -0.05) is 13.8 Å². The summed E-state index contributed by atoms with van der Waals surface area (Å²) in [7, 11) is 0. The van der Waals surface area contributed by atoms with Gasteiger partial charge in [0.25, 0.3) is 11.6 Å². The van der Waals surface area contributed by atoms with Gasteiger partial charge in [0.15, 0.2) is 0 Å². The largest absolute Gasteiger partial charge is 0.345 e. The van der Waals surface area contributed by atoms with E-state index in [1.54, 1.807) is 6.20 Å². The molecule has 0 radical (unpaired) electrons. The summed E-state index contributed by atoms with van der Waals surface area (Å²) in [4.78, 5) is 26.0. The fourth-order valence-corrected chi connectivity index (χ4v) is 2.12. The number of non-ortho nitro benzene ring substituents is 1. The zero-order chi connectivity index (χ0) is 17.0. The van der Waals surface area contributed by atoms with Gasteiger partial charge in [0.2, 0.25) is 0 Å². The van der Waals surface area contributed by atoms with Crippen LogP contribution < -0.4 is 5.32 Å². The molecule has 0 spiro atoms. The van der Waals surface area contributed by atoms with Crippen molar-refractivity contribution in [2.24, 2.45) is 5.92 Å². The SMILES string of the molecule is CC(C)Cn1ccnc1CNC(=O)c1ccc([N+](=O)[O-])cc1F. The summed E-state index contributed by atoms with van der Waals surface area (Å²) >= 11 is 0. The first-order chi connectivity index (χ1) is 10.9. The van der Waals surface area contributed by atoms with Crippen LogP contribution in [0.2, 0.25) is 0 Å². The molecule has 1 aromatic heterocycles. The molecule has 1 heterocycles. The molecule has 0 bridgehead atoms. The first-order valence-electron chi connectivity index (χ1n) is 7.10. The number of nitrogens with one attached hydrogen (secondary N) is 1. The molecule has 0 atom stereocenters. The predicted molar refractivity (Wildman–Crippen MR) is 81.3 cm³/mol. The Morgan fingerprint density at radius 3 is 2.83 bits per heavy atom. The van der Waals surface area contributed by atoms with Crippen LogP contribution in [0.1, 0.15) is 30.0 Å². The van der Waals surface area contributed by atoms with Crippen LogP contribution in [0.25, 0.3) is 0 Å². The number of amides is 1. The Labute approximate surface area is 132 Å². The van der Waals surface area contributed by atoms with Crippen molar-refractivity contribution in [2.75, 3.05) is 0 Å². The van der Waals surface area contributed by atoms with E-state index in [0.29, 0.717) is 11.7 Å². The molecule has 1 amide bonds. The molecule has 0 saturated carbocycles.